The third-order valence-electron chi connectivity index (χ3n) is 8.69. The molecule has 4 aliphatic rings. The zero-order valence-corrected chi connectivity index (χ0v) is 17.9. The van der Waals surface area contributed by atoms with Crippen molar-refractivity contribution in [2.45, 2.75) is 45.4 Å². The number of carbonyl (C=O) groups is 4. The van der Waals surface area contributed by atoms with Crippen molar-refractivity contribution in [2.24, 2.45) is 47.3 Å². The molecule has 6 nitrogen and oxygen atoms in total. The number of carbonyl (C=O) groups excluding carboxylic acids is 4. The van der Waals surface area contributed by atoms with E-state index < -0.39 is 0 Å². The molecule has 1 heterocycles. The maximum atomic E-state index is 12.3. The Morgan fingerprint density at radius 2 is 1.77 bits per heavy atom. The molecule has 0 N–H and O–H groups in total. The minimum atomic E-state index is -0.390. The molecule has 4 fully saturated rings. The van der Waals surface area contributed by atoms with Crippen LogP contribution < -0.4 is 0 Å². The fourth-order valence-corrected chi connectivity index (χ4v) is 7.30. The second-order valence-electron chi connectivity index (χ2n) is 10.1. The van der Waals surface area contributed by atoms with Crippen LogP contribution in [0.5, 0.6) is 0 Å². The van der Waals surface area contributed by atoms with E-state index >= 15 is 0 Å². The van der Waals surface area contributed by atoms with E-state index in [4.69, 9.17) is 9.47 Å². The summed E-state index contributed by atoms with van der Waals surface area (Å²) in [7, 11) is 0. The third-order valence-corrected chi connectivity index (χ3v) is 8.69. The number of benzene rings is 1. The van der Waals surface area contributed by atoms with E-state index in [1.54, 1.807) is 0 Å². The Labute approximate surface area is 181 Å². The van der Waals surface area contributed by atoms with Gasteiger partial charge in [-0.25, -0.2) is 0 Å². The van der Waals surface area contributed by atoms with Crippen LogP contribution in [-0.4, -0.2) is 24.4 Å². The van der Waals surface area contributed by atoms with Gasteiger partial charge < -0.3 is 9.47 Å². The van der Waals surface area contributed by atoms with Crippen LogP contribution in [0.2, 0.25) is 0 Å². The van der Waals surface area contributed by atoms with Gasteiger partial charge in [-0.3, -0.25) is 19.2 Å². The zero-order valence-electron chi connectivity index (χ0n) is 17.9. The summed E-state index contributed by atoms with van der Waals surface area (Å²) >= 11 is 0. The van der Waals surface area contributed by atoms with Gasteiger partial charge in [0.1, 0.15) is 0 Å². The summed E-state index contributed by atoms with van der Waals surface area (Å²) in [6, 6.07) is 8.51. The SMILES string of the molecule is CC1CC(Cc2ccc(C3CC4CC3C(C(=O)OC=O)C4C)cc2)C2C(=O)OC(=O)C12. The molecule has 0 radical (unpaired) electrons. The Hall–Kier alpha value is -2.50. The average Bonchev–Trinajstić information content (AvgIpc) is 3.45. The van der Waals surface area contributed by atoms with Crippen LogP contribution in [0.15, 0.2) is 24.3 Å². The summed E-state index contributed by atoms with van der Waals surface area (Å²) in [5.41, 5.74) is 2.38. The Morgan fingerprint density at radius 1 is 1.06 bits per heavy atom. The normalized spacial score (nSPS) is 40.6. The fraction of sp³-hybridized carbons (Fsp3) is 0.600. The highest BCUT2D eigenvalue weighted by Crippen LogP contribution is 2.59. The number of fused-ring (bicyclic) bond motifs is 3. The van der Waals surface area contributed by atoms with Crippen molar-refractivity contribution in [2.75, 3.05) is 0 Å². The molecule has 1 saturated heterocycles. The first kappa shape index (κ1) is 20.4. The van der Waals surface area contributed by atoms with E-state index in [9.17, 15) is 19.2 Å². The van der Waals surface area contributed by atoms with Gasteiger partial charge in [-0.05, 0) is 72.3 Å². The lowest BCUT2D eigenvalue weighted by atomic mass is 9.72. The lowest BCUT2D eigenvalue weighted by Gasteiger charge is -2.32. The molecule has 1 aromatic rings. The van der Waals surface area contributed by atoms with Crippen LogP contribution in [0.3, 0.4) is 0 Å². The van der Waals surface area contributed by atoms with Gasteiger partial charge in [-0.2, -0.15) is 0 Å². The lowest BCUT2D eigenvalue weighted by Crippen LogP contribution is -2.33. The fourth-order valence-electron chi connectivity index (χ4n) is 7.30. The van der Waals surface area contributed by atoms with Gasteiger partial charge >= 0.3 is 24.4 Å². The summed E-state index contributed by atoms with van der Waals surface area (Å²) in [5, 5.41) is 0. The lowest BCUT2D eigenvalue weighted by molar-refractivity contribution is -0.158. The molecule has 0 amide bonds. The second kappa shape index (κ2) is 7.57. The Balaban J connectivity index is 1.29. The maximum Gasteiger partial charge on any atom is 0.317 e. The van der Waals surface area contributed by atoms with Crippen molar-refractivity contribution in [1.29, 1.82) is 0 Å². The topological polar surface area (TPSA) is 86.7 Å². The highest BCUT2D eigenvalue weighted by molar-refractivity contribution is 5.97. The van der Waals surface area contributed by atoms with Crippen molar-refractivity contribution >= 4 is 24.4 Å². The van der Waals surface area contributed by atoms with Gasteiger partial charge in [0, 0.05) is 0 Å². The number of rotatable bonds is 5. The van der Waals surface area contributed by atoms with Crippen LogP contribution in [0.25, 0.3) is 0 Å². The van der Waals surface area contributed by atoms with Crippen molar-refractivity contribution in [3.05, 3.63) is 35.4 Å². The maximum absolute atomic E-state index is 12.3. The highest BCUT2D eigenvalue weighted by atomic mass is 16.6. The molecule has 5 rings (SSSR count). The third kappa shape index (κ3) is 3.22. The number of ether oxygens (including phenoxy) is 2. The summed E-state index contributed by atoms with van der Waals surface area (Å²) < 4.78 is 9.60. The predicted octanol–water partition coefficient (Wildman–Crippen LogP) is 3.28. The molecule has 3 aliphatic carbocycles. The van der Waals surface area contributed by atoms with Gasteiger partial charge in [0.2, 0.25) is 0 Å². The van der Waals surface area contributed by atoms with E-state index in [0.29, 0.717) is 11.8 Å². The van der Waals surface area contributed by atoms with Gasteiger partial charge in [0.15, 0.2) is 0 Å². The van der Waals surface area contributed by atoms with Gasteiger partial charge in [-0.1, -0.05) is 38.1 Å². The molecule has 9 unspecified atom stereocenters. The first-order valence-electron chi connectivity index (χ1n) is 11.4. The Bertz CT molecular complexity index is 920. The van der Waals surface area contributed by atoms with Gasteiger partial charge in [0.05, 0.1) is 17.8 Å². The first-order chi connectivity index (χ1) is 14.9. The minimum Gasteiger partial charge on any atom is -0.395 e. The molecule has 1 aliphatic heterocycles. The van der Waals surface area contributed by atoms with Crippen LogP contribution in [0.1, 0.15) is 50.2 Å². The summed E-state index contributed by atoms with van der Waals surface area (Å²) in [5.74, 6) is -0.334. The number of cyclic esters (lactones) is 2. The van der Waals surface area contributed by atoms with E-state index in [0.717, 1.165) is 31.2 Å². The van der Waals surface area contributed by atoms with Crippen LogP contribution >= 0.6 is 0 Å². The molecule has 9 atom stereocenters. The van der Waals surface area contributed by atoms with Crippen LogP contribution in [-0.2, 0) is 35.1 Å². The van der Waals surface area contributed by atoms with Crippen molar-refractivity contribution in [3.63, 3.8) is 0 Å². The first-order valence-corrected chi connectivity index (χ1v) is 11.4. The molecule has 0 aromatic heterocycles. The Kier molecular flexibility index (Phi) is 4.98. The number of hydrogen-bond donors (Lipinski definition) is 0. The zero-order chi connectivity index (χ0) is 21.9. The molecule has 3 saturated carbocycles. The van der Waals surface area contributed by atoms with E-state index in [-0.39, 0.29) is 65.8 Å². The smallest absolute Gasteiger partial charge is 0.317 e. The predicted molar refractivity (Wildman–Crippen MR) is 109 cm³/mol. The molecule has 31 heavy (non-hydrogen) atoms. The quantitative estimate of drug-likeness (QED) is 0.410. The summed E-state index contributed by atoms with van der Waals surface area (Å²) in [6.45, 7) is 4.37. The second-order valence-corrected chi connectivity index (χ2v) is 10.1. The molecular weight excluding hydrogens is 396 g/mol. The Morgan fingerprint density at radius 3 is 2.45 bits per heavy atom. The number of hydrogen-bond acceptors (Lipinski definition) is 6. The molecule has 1 aromatic carbocycles. The molecule has 6 heteroatoms. The monoisotopic (exact) mass is 424 g/mol. The highest BCUT2D eigenvalue weighted by Gasteiger charge is 2.56. The van der Waals surface area contributed by atoms with E-state index in [1.807, 2.05) is 6.92 Å². The molecule has 164 valence electrons. The van der Waals surface area contributed by atoms with Crippen molar-refractivity contribution < 1.29 is 28.7 Å². The van der Waals surface area contributed by atoms with Gasteiger partial charge in [-0.15, -0.1) is 0 Å². The van der Waals surface area contributed by atoms with E-state index in [1.165, 1.54) is 5.56 Å². The van der Waals surface area contributed by atoms with Gasteiger partial charge in [0.25, 0.3) is 0 Å². The van der Waals surface area contributed by atoms with Crippen molar-refractivity contribution in [1.82, 2.24) is 0 Å². The minimum absolute atomic E-state index is 0.135. The van der Waals surface area contributed by atoms with Crippen molar-refractivity contribution in [3.8, 4) is 0 Å². The number of esters is 3. The molecular formula is C25H28O6. The largest absolute Gasteiger partial charge is 0.395 e. The standard InChI is InChI=1S/C25H28O6/c1-12-7-17(22-20(12)24(28)31-25(22)29)8-14-3-5-15(6-4-14)18-9-16-10-19(18)21(13(16)2)23(27)30-11-26/h3-6,11-13,16-22H,7-10H2,1-2H3. The summed E-state index contributed by atoms with van der Waals surface area (Å²) in [4.78, 5) is 47.1. The van der Waals surface area contributed by atoms with E-state index in [2.05, 4.69) is 31.2 Å². The molecule has 2 bridgehead atoms. The average molecular weight is 424 g/mol. The molecule has 0 spiro atoms. The summed E-state index contributed by atoms with van der Waals surface area (Å²) in [6.07, 6.45) is 3.69. The van der Waals surface area contributed by atoms with Crippen LogP contribution in [0, 0.1) is 47.3 Å². The van der Waals surface area contributed by atoms with Crippen LogP contribution in [0.4, 0.5) is 0 Å².